The Labute approximate surface area is 118 Å². The monoisotopic (exact) mass is 276 g/mol. The fraction of sp³-hybridized carbons (Fsp3) is 0.400. The van der Waals surface area contributed by atoms with Crippen LogP contribution < -0.4 is 10.1 Å². The highest BCUT2D eigenvalue weighted by Gasteiger charge is 2.10. The van der Waals surface area contributed by atoms with E-state index in [2.05, 4.69) is 10.3 Å². The van der Waals surface area contributed by atoms with Crippen molar-refractivity contribution in [2.75, 3.05) is 20.3 Å². The van der Waals surface area contributed by atoms with Gasteiger partial charge >= 0.3 is 6.09 Å². The molecule has 1 heterocycles. The first-order valence-corrected chi connectivity index (χ1v) is 6.71. The number of nitrogens with one attached hydrogen (secondary N) is 2. The van der Waals surface area contributed by atoms with Crippen molar-refractivity contribution in [3.8, 4) is 5.75 Å². The van der Waals surface area contributed by atoms with Crippen molar-refractivity contribution in [1.82, 2.24) is 10.3 Å². The zero-order valence-electron chi connectivity index (χ0n) is 12.1. The minimum atomic E-state index is -0.373. The van der Waals surface area contributed by atoms with Crippen LogP contribution in [0.5, 0.6) is 5.75 Å². The molecule has 1 aromatic carbocycles. The normalized spacial score (nSPS) is 10.6. The summed E-state index contributed by atoms with van der Waals surface area (Å²) < 4.78 is 10.1. The largest absolute Gasteiger partial charge is 0.497 e. The summed E-state index contributed by atoms with van der Waals surface area (Å²) in [6.07, 6.45) is 0.375. The van der Waals surface area contributed by atoms with Crippen molar-refractivity contribution in [1.29, 1.82) is 0 Å². The fourth-order valence-corrected chi connectivity index (χ4v) is 2.28. The van der Waals surface area contributed by atoms with Gasteiger partial charge in [-0.25, -0.2) is 4.79 Å². The maximum absolute atomic E-state index is 11.3. The average molecular weight is 276 g/mol. The molecule has 2 aromatic rings. The summed E-state index contributed by atoms with van der Waals surface area (Å²) >= 11 is 0. The van der Waals surface area contributed by atoms with Gasteiger partial charge in [-0.2, -0.15) is 0 Å². The minimum absolute atomic E-state index is 0.373. The van der Waals surface area contributed by atoms with Crippen molar-refractivity contribution in [2.45, 2.75) is 20.3 Å². The molecule has 0 aliphatic rings. The number of amides is 1. The molecular formula is C15H20N2O3. The number of hydrogen-bond donors (Lipinski definition) is 2. The third kappa shape index (κ3) is 3.04. The highest BCUT2D eigenvalue weighted by molar-refractivity contribution is 5.86. The lowest BCUT2D eigenvalue weighted by atomic mass is 10.1. The summed E-state index contributed by atoms with van der Waals surface area (Å²) in [6.45, 7) is 4.75. The van der Waals surface area contributed by atoms with Crippen molar-refractivity contribution >= 4 is 17.0 Å². The molecule has 5 heteroatoms. The van der Waals surface area contributed by atoms with Crippen molar-refractivity contribution in [3.05, 3.63) is 29.5 Å². The quantitative estimate of drug-likeness (QED) is 0.882. The molecule has 0 radical (unpaired) electrons. The smallest absolute Gasteiger partial charge is 0.407 e. The summed E-state index contributed by atoms with van der Waals surface area (Å²) in [5.74, 6) is 0.830. The first-order valence-electron chi connectivity index (χ1n) is 6.71. The maximum atomic E-state index is 11.3. The summed E-state index contributed by atoms with van der Waals surface area (Å²) in [7, 11) is 1.66. The second-order valence-corrected chi connectivity index (χ2v) is 4.54. The molecule has 108 valence electrons. The Bertz CT molecular complexity index is 604. The minimum Gasteiger partial charge on any atom is -0.497 e. The number of benzene rings is 1. The molecule has 20 heavy (non-hydrogen) atoms. The van der Waals surface area contributed by atoms with Crippen molar-refractivity contribution < 1.29 is 14.3 Å². The van der Waals surface area contributed by atoms with Crippen molar-refractivity contribution in [3.63, 3.8) is 0 Å². The molecule has 0 aliphatic carbocycles. The van der Waals surface area contributed by atoms with Crippen LogP contribution in [0.3, 0.4) is 0 Å². The van der Waals surface area contributed by atoms with Crippen LogP contribution in [0.1, 0.15) is 18.2 Å². The number of alkyl carbamates (subject to hydrolysis) is 1. The van der Waals surface area contributed by atoms with Crippen molar-refractivity contribution in [2.24, 2.45) is 0 Å². The van der Waals surface area contributed by atoms with Crippen LogP contribution in [0.4, 0.5) is 4.79 Å². The Kier molecular flexibility index (Phi) is 4.50. The molecule has 0 unspecified atom stereocenters. The first kappa shape index (κ1) is 14.2. The van der Waals surface area contributed by atoms with Crippen LogP contribution in [0, 0.1) is 6.92 Å². The Balaban J connectivity index is 2.12. The Hall–Kier alpha value is -2.17. The van der Waals surface area contributed by atoms with Crippen LogP contribution in [-0.4, -0.2) is 31.3 Å². The predicted octanol–water partition coefficient (Wildman–Crippen LogP) is 2.77. The molecule has 0 fully saturated rings. The van der Waals surface area contributed by atoms with Crippen LogP contribution >= 0.6 is 0 Å². The number of rotatable bonds is 5. The molecular weight excluding hydrogens is 256 g/mol. The van der Waals surface area contributed by atoms with Gasteiger partial charge in [0.2, 0.25) is 0 Å². The Morgan fingerprint density at radius 3 is 2.90 bits per heavy atom. The molecule has 0 saturated heterocycles. The van der Waals surface area contributed by atoms with Gasteiger partial charge in [0, 0.05) is 23.1 Å². The number of hydrogen-bond acceptors (Lipinski definition) is 3. The molecule has 0 saturated carbocycles. The predicted molar refractivity (Wildman–Crippen MR) is 78.3 cm³/mol. The van der Waals surface area contributed by atoms with E-state index >= 15 is 0 Å². The summed E-state index contributed by atoms with van der Waals surface area (Å²) in [5, 5.41) is 3.87. The number of carbonyl (C=O) groups is 1. The molecule has 0 bridgehead atoms. The number of fused-ring (bicyclic) bond motifs is 1. The molecule has 1 aromatic heterocycles. The first-order chi connectivity index (χ1) is 9.65. The number of methoxy groups -OCH3 is 1. The molecule has 0 aliphatic heterocycles. The summed E-state index contributed by atoms with van der Waals surface area (Å²) in [4.78, 5) is 14.6. The number of carbonyl (C=O) groups excluding carboxylic acids is 1. The highest BCUT2D eigenvalue weighted by atomic mass is 16.5. The Morgan fingerprint density at radius 1 is 1.40 bits per heavy atom. The molecule has 0 spiro atoms. The number of ether oxygens (including phenoxy) is 2. The van der Waals surface area contributed by atoms with E-state index in [0.717, 1.165) is 28.8 Å². The van der Waals surface area contributed by atoms with E-state index in [1.807, 2.05) is 25.1 Å². The van der Waals surface area contributed by atoms with E-state index in [-0.39, 0.29) is 6.09 Å². The number of aromatic amines is 1. The lowest BCUT2D eigenvalue weighted by Gasteiger charge is -2.06. The van der Waals surface area contributed by atoms with Crippen LogP contribution in [0.25, 0.3) is 10.9 Å². The van der Waals surface area contributed by atoms with Gasteiger partial charge in [-0.15, -0.1) is 0 Å². The average Bonchev–Trinajstić information content (AvgIpc) is 2.74. The van der Waals surface area contributed by atoms with Gasteiger partial charge in [0.05, 0.1) is 13.7 Å². The van der Waals surface area contributed by atoms with E-state index in [4.69, 9.17) is 9.47 Å². The maximum Gasteiger partial charge on any atom is 0.407 e. The molecule has 0 atom stereocenters. The second-order valence-electron chi connectivity index (χ2n) is 4.54. The van der Waals surface area contributed by atoms with E-state index in [0.29, 0.717) is 13.2 Å². The molecule has 2 N–H and O–H groups in total. The third-order valence-electron chi connectivity index (χ3n) is 3.25. The Morgan fingerprint density at radius 2 is 2.20 bits per heavy atom. The van der Waals surface area contributed by atoms with Gasteiger partial charge in [-0.1, -0.05) is 0 Å². The molecule has 5 nitrogen and oxygen atoms in total. The van der Waals surface area contributed by atoms with E-state index in [9.17, 15) is 4.79 Å². The standard InChI is InChI=1S/C15H20N2O3/c1-4-20-15(18)16-8-7-12-10(2)17-14-6-5-11(19-3)9-13(12)14/h5-6,9,17H,4,7-8H2,1-3H3,(H,16,18). The van der Waals surface area contributed by atoms with Gasteiger partial charge in [0.1, 0.15) is 5.75 Å². The second kappa shape index (κ2) is 6.32. The van der Waals surface area contributed by atoms with E-state index in [1.54, 1.807) is 14.0 Å². The van der Waals surface area contributed by atoms with Gasteiger partial charge in [-0.3, -0.25) is 0 Å². The fourth-order valence-electron chi connectivity index (χ4n) is 2.28. The lowest BCUT2D eigenvalue weighted by Crippen LogP contribution is -2.26. The number of aryl methyl sites for hydroxylation is 1. The van der Waals surface area contributed by atoms with Gasteiger partial charge in [-0.05, 0) is 44.0 Å². The van der Waals surface area contributed by atoms with Gasteiger partial charge in [0.15, 0.2) is 0 Å². The lowest BCUT2D eigenvalue weighted by molar-refractivity contribution is 0.152. The topological polar surface area (TPSA) is 63.3 Å². The van der Waals surface area contributed by atoms with Crippen LogP contribution in [0.15, 0.2) is 18.2 Å². The van der Waals surface area contributed by atoms with Gasteiger partial charge < -0.3 is 19.8 Å². The van der Waals surface area contributed by atoms with E-state index in [1.165, 1.54) is 5.56 Å². The summed E-state index contributed by atoms with van der Waals surface area (Å²) in [6, 6.07) is 5.95. The zero-order chi connectivity index (χ0) is 14.5. The van der Waals surface area contributed by atoms with Crippen LogP contribution in [0.2, 0.25) is 0 Å². The highest BCUT2D eigenvalue weighted by Crippen LogP contribution is 2.26. The third-order valence-corrected chi connectivity index (χ3v) is 3.25. The van der Waals surface area contributed by atoms with E-state index < -0.39 is 0 Å². The zero-order valence-corrected chi connectivity index (χ0v) is 12.1. The number of H-pyrrole nitrogens is 1. The molecule has 1 amide bonds. The number of aromatic nitrogens is 1. The summed E-state index contributed by atoms with van der Waals surface area (Å²) in [5.41, 5.74) is 3.38. The van der Waals surface area contributed by atoms with Crippen LogP contribution in [-0.2, 0) is 11.2 Å². The SMILES string of the molecule is CCOC(=O)NCCc1c(C)[nH]c2ccc(OC)cc12. The van der Waals surface area contributed by atoms with Gasteiger partial charge in [0.25, 0.3) is 0 Å². The molecule has 2 rings (SSSR count).